The Labute approximate surface area is 123 Å². The molecule has 0 aliphatic rings. The second kappa shape index (κ2) is 8.21. The van der Waals surface area contributed by atoms with E-state index in [0.717, 1.165) is 0 Å². The molecule has 0 spiro atoms. The zero-order chi connectivity index (χ0) is 15.8. The average Bonchev–Trinajstić information content (AvgIpc) is 2.42. The third-order valence-electron chi connectivity index (χ3n) is 2.48. The SMILES string of the molecule is COCCN(CC(=O)O)C(=O)c1cccc(OC(C)C)n1. The summed E-state index contributed by atoms with van der Waals surface area (Å²) in [5, 5.41) is 8.87. The second-order valence-electron chi connectivity index (χ2n) is 4.64. The molecule has 0 aliphatic heterocycles. The van der Waals surface area contributed by atoms with Crippen LogP contribution in [-0.4, -0.2) is 59.8 Å². The Morgan fingerprint density at radius 3 is 2.67 bits per heavy atom. The molecule has 7 heteroatoms. The molecular formula is C14H20N2O5. The van der Waals surface area contributed by atoms with E-state index in [4.69, 9.17) is 14.6 Å². The summed E-state index contributed by atoms with van der Waals surface area (Å²) >= 11 is 0. The van der Waals surface area contributed by atoms with Gasteiger partial charge < -0.3 is 19.5 Å². The highest BCUT2D eigenvalue weighted by atomic mass is 16.5. The molecule has 116 valence electrons. The Balaban J connectivity index is 2.88. The van der Waals surface area contributed by atoms with Gasteiger partial charge in [-0.05, 0) is 19.9 Å². The largest absolute Gasteiger partial charge is 0.480 e. The Morgan fingerprint density at radius 1 is 1.38 bits per heavy atom. The lowest BCUT2D eigenvalue weighted by Crippen LogP contribution is -2.38. The maximum Gasteiger partial charge on any atom is 0.323 e. The summed E-state index contributed by atoms with van der Waals surface area (Å²) in [6.45, 7) is 3.73. The van der Waals surface area contributed by atoms with Gasteiger partial charge in [-0.1, -0.05) is 6.07 Å². The van der Waals surface area contributed by atoms with Crippen molar-refractivity contribution in [3.8, 4) is 5.88 Å². The fourth-order valence-corrected chi connectivity index (χ4v) is 1.62. The molecule has 0 saturated carbocycles. The van der Waals surface area contributed by atoms with Gasteiger partial charge in [-0.3, -0.25) is 9.59 Å². The Kier molecular flexibility index (Phi) is 6.61. The van der Waals surface area contributed by atoms with E-state index in [1.54, 1.807) is 12.1 Å². The highest BCUT2D eigenvalue weighted by Crippen LogP contribution is 2.11. The number of hydrogen-bond donors (Lipinski definition) is 1. The van der Waals surface area contributed by atoms with Gasteiger partial charge in [0.05, 0.1) is 12.7 Å². The molecule has 0 atom stereocenters. The molecule has 0 aromatic carbocycles. The Hall–Kier alpha value is -2.15. The van der Waals surface area contributed by atoms with Crippen LogP contribution in [0.25, 0.3) is 0 Å². The monoisotopic (exact) mass is 296 g/mol. The molecule has 1 aromatic heterocycles. The molecule has 0 aliphatic carbocycles. The number of rotatable bonds is 8. The lowest BCUT2D eigenvalue weighted by molar-refractivity contribution is -0.137. The number of pyridine rings is 1. The maximum atomic E-state index is 12.3. The molecule has 1 rings (SSSR count). The standard InChI is InChI=1S/C14H20N2O5/c1-10(2)21-12-6-4-5-11(15-12)14(19)16(7-8-20-3)9-13(17)18/h4-6,10H,7-9H2,1-3H3,(H,17,18). The van der Waals surface area contributed by atoms with Crippen LogP contribution in [0.5, 0.6) is 5.88 Å². The molecule has 1 N–H and O–H groups in total. The van der Waals surface area contributed by atoms with Crippen LogP contribution < -0.4 is 4.74 Å². The number of aromatic nitrogens is 1. The van der Waals surface area contributed by atoms with Gasteiger partial charge in [0.15, 0.2) is 0 Å². The van der Waals surface area contributed by atoms with Crippen molar-refractivity contribution in [3.05, 3.63) is 23.9 Å². The van der Waals surface area contributed by atoms with Crippen LogP contribution in [-0.2, 0) is 9.53 Å². The number of carboxylic acid groups (broad SMARTS) is 1. The molecule has 1 heterocycles. The average molecular weight is 296 g/mol. The Bertz CT molecular complexity index is 490. The van der Waals surface area contributed by atoms with Crippen molar-refractivity contribution in [2.45, 2.75) is 20.0 Å². The topological polar surface area (TPSA) is 89.0 Å². The fraction of sp³-hybridized carbons (Fsp3) is 0.500. The first-order valence-corrected chi connectivity index (χ1v) is 6.57. The number of methoxy groups -OCH3 is 1. The maximum absolute atomic E-state index is 12.3. The summed E-state index contributed by atoms with van der Waals surface area (Å²) in [4.78, 5) is 28.4. The molecule has 0 radical (unpaired) electrons. The van der Waals surface area contributed by atoms with Gasteiger partial charge in [-0.2, -0.15) is 0 Å². The molecule has 0 saturated heterocycles. The van der Waals surface area contributed by atoms with E-state index >= 15 is 0 Å². The van der Waals surface area contributed by atoms with Crippen molar-refractivity contribution >= 4 is 11.9 Å². The summed E-state index contributed by atoms with van der Waals surface area (Å²) in [6, 6.07) is 4.82. The highest BCUT2D eigenvalue weighted by molar-refractivity contribution is 5.94. The van der Waals surface area contributed by atoms with Gasteiger partial charge in [0.1, 0.15) is 12.2 Å². The molecular weight excluding hydrogens is 276 g/mol. The summed E-state index contributed by atoms with van der Waals surface area (Å²) in [5.41, 5.74) is 0.144. The number of carboxylic acids is 1. The number of carbonyl (C=O) groups is 2. The minimum absolute atomic E-state index is 0.0635. The number of aliphatic carboxylic acids is 1. The van der Waals surface area contributed by atoms with Crippen molar-refractivity contribution in [2.24, 2.45) is 0 Å². The van der Waals surface area contributed by atoms with Crippen LogP contribution in [0.2, 0.25) is 0 Å². The number of carbonyl (C=O) groups excluding carboxylic acids is 1. The third-order valence-corrected chi connectivity index (χ3v) is 2.48. The minimum atomic E-state index is -1.09. The van der Waals surface area contributed by atoms with Crippen molar-refractivity contribution < 1.29 is 24.2 Å². The van der Waals surface area contributed by atoms with E-state index < -0.39 is 18.4 Å². The van der Waals surface area contributed by atoms with Crippen LogP contribution in [0.15, 0.2) is 18.2 Å². The molecule has 0 fully saturated rings. The van der Waals surface area contributed by atoms with Gasteiger partial charge in [-0.25, -0.2) is 4.98 Å². The van der Waals surface area contributed by atoms with Crippen LogP contribution in [0, 0.1) is 0 Å². The summed E-state index contributed by atoms with van der Waals surface area (Å²) < 4.78 is 10.3. The van der Waals surface area contributed by atoms with Crippen molar-refractivity contribution in [1.82, 2.24) is 9.88 Å². The predicted molar refractivity (Wildman–Crippen MR) is 75.4 cm³/mol. The minimum Gasteiger partial charge on any atom is -0.480 e. The molecule has 0 bridgehead atoms. The molecule has 1 amide bonds. The van der Waals surface area contributed by atoms with Crippen LogP contribution in [0.4, 0.5) is 0 Å². The van der Waals surface area contributed by atoms with Crippen molar-refractivity contribution in [1.29, 1.82) is 0 Å². The van der Waals surface area contributed by atoms with E-state index in [1.807, 2.05) is 13.8 Å². The van der Waals surface area contributed by atoms with Crippen LogP contribution >= 0.6 is 0 Å². The number of nitrogens with zero attached hydrogens (tertiary/aromatic N) is 2. The lowest BCUT2D eigenvalue weighted by atomic mass is 10.3. The third kappa shape index (κ3) is 5.78. The molecule has 7 nitrogen and oxygen atoms in total. The van der Waals surface area contributed by atoms with Gasteiger partial charge >= 0.3 is 5.97 Å². The fourth-order valence-electron chi connectivity index (χ4n) is 1.62. The van der Waals surface area contributed by atoms with Gasteiger partial charge in [0.2, 0.25) is 5.88 Å². The quantitative estimate of drug-likeness (QED) is 0.771. The second-order valence-corrected chi connectivity index (χ2v) is 4.64. The van der Waals surface area contributed by atoms with E-state index in [0.29, 0.717) is 5.88 Å². The van der Waals surface area contributed by atoms with Crippen LogP contribution in [0.1, 0.15) is 24.3 Å². The van der Waals surface area contributed by atoms with E-state index in [2.05, 4.69) is 4.98 Å². The number of hydrogen-bond acceptors (Lipinski definition) is 5. The van der Waals surface area contributed by atoms with E-state index in [1.165, 1.54) is 18.1 Å². The summed E-state index contributed by atoms with van der Waals surface area (Å²) in [6.07, 6.45) is -0.0635. The zero-order valence-corrected chi connectivity index (χ0v) is 12.4. The van der Waals surface area contributed by atoms with E-state index in [9.17, 15) is 9.59 Å². The Morgan fingerprint density at radius 2 is 2.10 bits per heavy atom. The first-order valence-electron chi connectivity index (χ1n) is 6.57. The van der Waals surface area contributed by atoms with Gasteiger partial charge in [0.25, 0.3) is 5.91 Å². The number of ether oxygens (including phenoxy) is 2. The predicted octanol–water partition coefficient (Wildman–Crippen LogP) is 1.04. The number of amides is 1. The first kappa shape index (κ1) is 16.9. The van der Waals surface area contributed by atoms with Crippen molar-refractivity contribution in [2.75, 3.05) is 26.8 Å². The summed E-state index contributed by atoms with van der Waals surface area (Å²) in [5.74, 6) is -1.23. The van der Waals surface area contributed by atoms with E-state index in [-0.39, 0.29) is 24.9 Å². The zero-order valence-electron chi connectivity index (χ0n) is 12.4. The smallest absolute Gasteiger partial charge is 0.323 e. The molecule has 21 heavy (non-hydrogen) atoms. The normalized spacial score (nSPS) is 10.5. The van der Waals surface area contributed by atoms with Crippen molar-refractivity contribution in [3.63, 3.8) is 0 Å². The molecule has 1 aromatic rings. The lowest BCUT2D eigenvalue weighted by Gasteiger charge is -2.20. The van der Waals surface area contributed by atoms with Gasteiger partial charge in [-0.15, -0.1) is 0 Å². The first-order chi connectivity index (χ1) is 9.93. The van der Waals surface area contributed by atoms with Crippen LogP contribution in [0.3, 0.4) is 0 Å². The summed E-state index contributed by atoms with van der Waals surface area (Å²) in [7, 11) is 1.48. The highest BCUT2D eigenvalue weighted by Gasteiger charge is 2.20. The molecule has 0 unspecified atom stereocenters. The van der Waals surface area contributed by atoms with Gasteiger partial charge in [0, 0.05) is 19.7 Å².